The average molecular weight is 311 g/mol. The Hall–Kier alpha value is -2.66. The highest BCUT2D eigenvalue weighted by atomic mass is 16.2. The van der Waals surface area contributed by atoms with Crippen LogP contribution < -0.4 is 16.0 Å². The van der Waals surface area contributed by atoms with Crippen molar-refractivity contribution in [3.63, 3.8) is 0 Å². The Morgan fingerprint density at radius 1 is 0.957 bits per heavy atom. The van der Waals surface area contributed by atoms with Crippen LogP contribution in [0.4, 0.5) is 5.69 Å². The second-order valence-corrected chi connectivity index (χ2v) is 5.07. The zero-order chi connectivity index (χ0) is 16.5. The Kier molecular flexibility index (Phi) is 6.32. The van der Waals surface area contributed by atoms with E-state index in [1.807, 2.05) is 37.3 Å². The number of carbonyl (C=O) groups is 2. The quantitative estimate of drug-likeness (QED) is 0.734. The lowest BCUT2D eigenvalue weighted by Crippen LogP contribution is -2.27. The van der Waals surface area contributed by atoms with E-state index >= 15 is 0 Å². The third-order valence-electron chi connectivity index (χ3n) is 3.23. The van der Waals surface area contributed by atoms with E-state index in [4.69, 9.17) is 0 Å². The molecule has 5 heteroatoms. The highest BCUT2D eigenvalue weighted by molar-refractivity contribution is 5.96. The van der Waals surface area contributed by atoms with Crippen molar-refractivity contribution in [2.24, 2.45) is 0 Å². The van der Waals surface area contributed by atoms with E-state index in [0.29, 0.717) is 24.3 Å². The van der Waals surface area contributed by atoms with Crippen LogP contribution in [0.3, 0.4) is 0 Å². The summed E-state index contributed by atoms with van der Waals surface area (Å²) in [6.45, 7) is 3.33. The molecule has 0 aliphatic rings. The van der Waals surface area contributed by atoms with Gasteiger partial charge in [-0.3, -0.25) is 9.59 Å². The lowest BCUT2D eigenvalue weighted by atomic mass is 10.2. The molecular formula is C18H21N3O2. The Balaban J connectivity index is 1.77. The van der Waals surface area contributed by atoms with E-state index < -0.39 is 0 Å². The second kappa shape index (κ2) is 8.70. The number of hydrogen-bond donors (Lipinski definition) is 3. The number of carbonyl (C=O) groups excluding carboxylic acids is 2. The van der Waals surface area contributed by atoms with Crippen LogP contribution in [0.2, 0.25) is 0 Å². The summed E-state index contributed by atoms with van der Waals surface area (Å²) in [6, 6.07) is 16.7. The zero-order valence-corrected chi connectivity index (χ0v) is 13.1. The molecule has 23 heavy (non-hydrogen) atoms. The van der Waals surface area contributed by atoms with Gasteiger partial charge < -0.3 is 16.0 Å². The molecule has 3 N–H and O–H groups in total. The first-order valence-corrected chi connectivity index (χ1v) is 7.62. The number of amides is 2. The summed E-state index contributed by atoms with van der Waals surface area (Å²) in [4.78, 5) is 23.5. The molecule has 0 bridgehead atoms. The fourth-order valence-electron chi connectivity index (χ4n) is 2.09. The fraction of sp³-hybridized carbons (Fsp3) is 0.222. The maximum absolute atomic E-state index is 11.9. The molecule has 0 radical (unpaired) electrons. The molecule has 0 atom stereocenters. The maximum Gasteiger partial charge on any atom is 0.251 e. The molecule has 0 fully saturated rings. The maximum atomic E-state index is 11.9. The van der Waals surface area contributed by atoms with Gasteiger partial charge in [-0.1, -0.05) is 30.3 Å². The van der Waals surface area contributed by atoms with Crippen LogP contribution in [0.1, 0.15) is 22.8 Å². The molecule has 2 aromatic rings. The summed E-state index contributed by atoms with van der Waals surface area (Å²) < 4.78 is 0. The number of rotatable bonds is 7. The predicted octanol–water partition coefficient (Wildman–Crippen LogP) is 2.16. The highest BCUT2D eigenvalue weighted by Crippen LogP contribution is 2.09. The summed E-state index contributed by atoms with van der Waals surface area (Å²) in [6.07, 6.45) is 0. The lowest BCUT2D eigenvalue weighted by Gasteiger charge is -2.08. The van der Waals surface area contributed by atoms with Gasteiger partial charge in [0.1, 0.15) is 0 Å². The summed E-state index contributed by atoms with van der Waals surface area (Å²) in [5.41, 5.74) is 2.38. The molecule has 2 amide bonds. The van der Waals surface area contributed by atoms with Crippen LogP contribution in [-0.2, 0) is 11.3 Å². The zero-order valence-electron chi connectivity index (χ0n) is 13.1. The summed E-state index contributed by atoms with van der Waals surface area (Å²) in [5, 5.41) is 8.61. The van der Waals surface area contributed by atoms with Gasteiger partial charge in [0.05, 0.1) is 6.54 Å². The van der Waals surface area contributed by atoms with Gasteiger partial charge in [0.2, 0.25) is 5.91 Å². The number of nitrogens with one attached hydrogen (secondary N) is 3. The van der Waals surface area contributed by atoms with Crippen LogP contribution in [0.15, 0.2) is 54.6 Å². The smallest absolute Gasteiger partial charge is 0.251 e. The molecule has 2 rings (SSSR count). The molecule has 0 aromatic heterocycles. The molecule has 0 spiro atoms. The third-order valence-corrected chi connectivity index (χ3v) is 3.23. The van der Waals surface area contributed by atoms with Crippen LogP contribution in [-0.4, -0.2) is 24.9 Å². The van der Waals surface area contributed by atoms with Gasteiger partial charge in [0.15, 0.2) is 0 Å². The predicted molar refractivity (Wildman–Crippen MR) is 91.2 cm³/mol. The minimum atomic E-state index is -0.119. The normalized spacial score (nSPS) is 10.1. The van der Waals surface area contributed by atoms with Crippen LogP contribution >= 0.6 is 0 Å². The van der Waals surface area contributed by atoms with E-state index in [0.717, 1.165) is 5.56 Å². The van der Waals surface area contributed by atoms with Gasteiger partial charge in [-0.2, -0.15) is 0 Å². The Morgan fingerprint density at radius 2 is 1.65 bits per heavy atom. The van der Waals surface area contributed by atoms with Crippen LogP contribution in [0.25, 0.3) is 0 Å². The van der Waals surface area contributed by atoms with E-state index in [1.165, 1.54) is 0 Å². The Labute approximate surface area is 136 Å². The van der Waals surface area contributed by atoms with Gasteiger partial charge >= 0.3 is 0 Å². The minimum Gasteiger partial charge on any atom is -0.352 e. The molecule has 5 nitrogen and oxygen atoms in total. The molecule has 0 aliphatic heterocycles. The van der Waals surface area contributed by atoms with Gasteiger partial charge in [0.25, 0.3) is 5.91 Å². The highest BCUT2D eigenvalue weighted by Gasteiger charge is 2.05. The SMILES string of the molecule is CCNC(=O)c1ccc(NC(=O)CNCc2ccccc2)cc1. The third kappa shape index (κ3) is 5.56. The lowest BCUT2D eigenvalue weighted by molar-refractivity contribution is -0.115. The van der Waals surface area contributed by atoms with Crippen molar-refractivity contribution in [3.05, 3.63) is 65.7 Å². The monoisotopic (exact) mass is 311 g/mol. The fourth-order valence-corrected chi connectivity index (χ4v) is 2.09. The average Bonchev–Trinajstić information content (AvgIpc) is 2.57. The standard InChI is InChI=1S/C18H21N3O2/c1-2-20-18(23)15-8-10-16(11-9-15)21-17(22)13-19-12-14-6-4-3-5-7-14/h3-11,19H,2,12-13H2,1H3,(H,20,23)(H,21,22). The van der Waals surface area contributed by atoms with Gasteiger partial charge in [-0.15, -0.1) is 0 Å². The molecule has 2 aromatic carbocycles. The van der Waals surface area contributed by atoms with Crippen molar-refractivity contribution < 1.29 is 9.59 Å². The van der Waals surface area contributed by atoms with Crippen molar-refractivity contribution in [2.75, 3.05) is 18.4 Å². The van der Waals surface area contributed by atoms with Gasteiger partial charge in [-0.25, -0.2) is 0 Å². The minimum absolute atomic E-state index is 0.116. The first kappa shape index (κ1) is 16.7. The van der Waals surface area contributed by atoms with Crippen LogP contribution in [0, 0.1) is 0 Å². The van der Waals surface area contributed by atoms with E-state index in [2.05, 4.69) is 16.0 Å². The van der Waals surface area contributed by atoms with Crippen molar-refractivity contribution in [3.8, 4) is 0 Å². The van der Waals surface area contributed by atoms with Gasteiger partial charge in [-0.05, 0) is 36.8 Å². The molecule has 120 valence electrons. The second-order valence-electron chi connectivity index (χ2n) is 5.07. The van der Waals surface area contributed by atoms with Crippen molar-refractivity contribution >= 4 is 17.5 Å². The first-order valence-electron chi connectivity index (χ1n) is 7.62. The van der Waals surface area contributed by atoms with E-state index in [-0.39, 0.29) is 18.4 Å². The molecule has 0 heterocycles. The Morgan fingerprint density at radius 3 is 2.30 bits per heavy atom. The largest absolute Gasteiger partial charge is 0.352 e. The van der Waals surface area contributed by atoms with Crippen molar-refractivity contribution in [1.29, 1.82) is 0 Å². The number of benzene rings is 2. The molecular weight excluding hydrogens is 290 g/mol. The first-order chi connectivity index (χ1) is 11.2. The molecule has 0 saturated carbocycles. The van der Waals surface area contributed by atoms with Crippen molar-refractivity contribution in [1.82, 2.24) is 10.6 Å². The summed E-state index contributed by atoms with van der Waals surface area (Å²) >= 11 is 0. The molecule has 0 aliphatic carbocycles. The van der Waals surface area contributed by atoms with E-state index in [9.17, 15) is 9.59 Å². The van der Waals surface area contributed by atoms with Gasteiger partial charge in [0, 0.05) is 24.3 Å². The summed E-state index contributed by atoms with van der Waals surface area (Å²) in [7, 11) is 0. The number of anilines is 1. The molecule has 0 saturated heterocycles. The van der Waals surface area contributed by atoms with Crippen LogP contribution in [0.5, 0.6) is 0 Å². The Bertz CT molecular complexity index is 639. The number of hydrogen-bond acceptors (Lipinski definition) is 3. The van der Waals surface area contributed by atoms with E-state index in [1.54, 1.807) is 24.3 Å². The van der Waals surface area contributed by atoms with Crippen molar-refractivity contribution in [2.45, 2.75) is 13.5 Å². The summed E-state index contributed by atoms with van der Waals surface area (Å²) in [5.74, 6) is -0.235. The topological polar surface area (TPSA) is 70.2 Å². The molecule has 0 unspecified atom stereocenters.